The molecule has 9 heteroatoms. The number of benzene rings is 1. The summed E-state index contributed by atoms with van der Waals surface area (Å²) in [7, 11) is 1.65. The van der Waals surface area contributed by atoms with E-state index in [4.69, 9.17) is 4.74 Å². The van der Waals surface area contributed by atoms with Crippen LogP contribution in [0.5, 0.6) is 0 Å². The first kappa shape index (κ1) is 19.2. The molecule has 3 rings (SSSR count). The molecule has 0 bridgehead atoms. The maximum atomic E-state index is 12.4. The van der Waals surface area contributed by atoms with Gasteiger partial charge in [0.1, 0.15) is 11.6 Å². The number of hydrogen-bond donors (Lipinski definition) is 0. The van der Waals surface area contributed by atoms with Crippen molar-refractivity contribution < 1.29 is 14.3 Å². The second-order valence-electron chi connectivity index (χ2n) is 6.09. The maximum Gasteiger partial charge on any atom is 0.326 e. The van der Waals surface area contributed by atoms with E-state index in [1.807, 2.05) is 31.2 Å². The molecule has 0 aliphatic carbocycles. The average Bonchev–Trinajstić information content (AvgIpc) is 3.23. The summed E-state index contributed by atoms with van der Waals surface area (Å²) in [5.41, 5.74) is 1.59. The van der Waals surface area contributed by atoms with E-state index in [-0.39, 0.29) is 30.0 Å². The summed E-state index contributed by atoms with van der Waals surface area (Å²) in [4.78, 5) is 41.8. The number of aromatic nitrogens is 2. The molecule has 0 saturated heterocycles. The van der Waals surface area contributed by atoms with E-state index in [2.05, 4.69) is 4.98 Å². The van der Waals surface area contributed by atoms with Crippen molar-refractivity contribution in [1.29, 1.82) is 0 Å². The SMILES string of the molecule is Cc1csc(=O)n1CC(=O)OCC(=O)N(C)[C@H](C)c1nc2ccccc2s1. The van der Waals surface area contributed by atoms with E-state index in [1.54, 1.807) is 19.4 Å². The van der Waals surface area contributed by atoms with Crippen LogP contribution < -0.4 is 4.87 Å². The van der Waals surface area contributed by atoms with Crippen LogP contribution in [0.25, 0.3) is 10.2 Å². The smallest absolute Gasteiger partial charge is 0.326 e. The molecule has 1 amide bonds. The number of nitrogens with zero attached hydrogens (tertiary/aromatic N) is 3. The van der Waals surface area contributed by atoms with Crippen molar-refractivity contribution in [3.8, 4) is 0 Å². The average molecular weight is 406 g/mol. The quantitative estimate of drug-likeness (QED) is 0.589. The van der Waals surface area contributed by atoms with Crippen molar-refractivity contribution in [2.75, 3.05) is 13.7 Å². The summed E-state index contributed by atoms with van der Waals surface area (Å²) in [6, 6.07) is 7.55. The predicted molar refractivity (Wildman–Crippen MR) is 105 cm³/mol. The van der Waals surface area contributed by atoms with E-state index in [1.165, 1.54) is 20.8 Å². The highest BCUT2D eigenvalue weighted by atomic mass is 32.1. The molecule has 0 radical (unpaired) electrons. The topological polar surface area (TPSA) is 81.5 Å². The van der Waals surface area contributed by atoms with Gasteiger partial charge < -0.3 is 9.64 Å². The van der Waals surface area contributed by atoms with Crippen LogP contribution in [0.4, 0.5) is 0 Å². The van der Waals surface area contributed by atoms with Crippen molar-refractivity contribution in [2.45, 2.75) is 26.4 Å². The van der Waals surface area contributed by atoms with Gasteiger partial charge in [-0.05, 0) is 26.0 Å². The van der Waals surface area contributed by atoms with Gasteiger partial charge in [-0.3, -0.25) is 19.0 Å². The Labute approximate surface area is 163 Å². The Morgan fingerprint density at radius 3 is 2.74 bits per heavy atom. The minimum Gasteiger partial charge on any atom is -0.454 e. The van der Waals surface area contributed by atoms with Gasteiger partial charge in [0.2, 0.25) is 0 Å². The molecule has 2 heterocycles. The molecular formula is C18H19N3O4S2. The Bertz CT molecular complexity index is 1000. The lowest BCUT2D eigenvalue weighted by Gasteiger charge is -2.23. The van der Waals surface area contributed by atoms with Crippen molar-refractivity contribution in [1.82, 2.24) is 14.5 Å². The molecule has 0 saturated carbocycles. The molecule has 0 unspecified atom stereocenters. The lowest BCUT2D eigenvalue weighted by molar-refractivity contribution is -0.152. The summed E-state index contributed by atoms with van der Waals surface area (Å²) in [6.07, 6.45) is 0. The Hall–Kier alpha value is -2.52. The first-order chi connectivity index (χ1) is 12.9. The van der Waals surface area contributed by atoms with E-state index >= 15 is 0 Å². The van der Waals surface area contributed by atoms with Crippen LogP contribution in [-0.4, -0.2) is 40.0 Å². The molecule has 0 spiro atoms. The molecule has 7 nitrogen and oxygen atoms in total. The summed E-state index contributed by atoms with van der Waals surface area (Å²) in [6.45, 7) is 3.05. The fraction of sp³-hybridized carbons (Fsp3) is 0.333. The van der Waals surface area contributed by atoms with Gasteiger partial charge >= 0.3 is 10.8 Å². The monoisotopic (exact) mass is 405 g/mol. The number of carbonyl (C=O) groups excluding carboxylic acids is 2. The lowest BCUT2D eigenvalue weighted by atomic mass is 10.3. The van der Waals surface area contributed by atoms with Gasteiger partial charge in [0, 0.05) is 18.1 Å². The van der Waals surface area contributed by atoms with Gasteiger partial charge in [-0.1, -0.05) is 23.5 Å². The second-order valence-corrected chi connectivity index (χ2v) is 7.97. The van der Waals surface area contributed by atoms with Crippen molar-refractivity contribution in [3.63, 3.8) is 0 Å². The Morgan fingerprint density at radius 2 is 2.07 bits per heavy atom. The second kappa shape index (κ2) is 8.01. The number of likely N-dealkylation sites (N-methyl/N-ethyl adjacent to an activating group) is 1. The molecule has 2 aromatic heterocycles. The zero-order valence-corrected chi connectivity index (χ0v) is 16.8. The number of fused-ring (bicyclic) bond motifs is 1. The Balaban J connectivity index is 1.58. The number of hydrogen-bond acceptors (Lipinski definition) is 7. The van der Waals surface area contributed by atoms with Crippen LogP contribution >= 0.6 is 22.7 Å². The summed E-state index contributed by atoms with van der Waals surface area (Å²) < 4.78 is 7.43. The molecule has 3 aromatic rings. The third kappa shape index (κ3) is 4.25. The summed E-state index contributed by atoms with van der Waals surface area (Å²) in [5.74, 6) is -0.947. The summed E-state index contributed by atoms with van der Waals surface area (Å²) >= 11 is 2.56. The van der Waals surface area contributed by atoms with Crippen LogP contribution in [0, 0.1) is 6.92 Å². The standard InChI is InChI=1S/C18H19N3O4S2/c1-11-10-26-18(24)21(11)8-16(23)25-9-15(22)20(3)12(2)17-19-13-6-4-5-7-14(13)27-17/h4-7,10,12H,8-9H2,1-3H3/t12-/m1/s1. The van der Waals surface area contributed by atoms with Crippen LogP contribution in [0.3, 0.4) is 0 Å². The van der Waals surface area contributed by atoms with Gasteiger partial charge in [0.05, 0.1) is 16.3 Å². The number of esters is 1. The highest BCUT2D eigenvalue weighted by molar-refractivity contribution is 7.18. The highest BCUT2D eigenvalue weighted by Gasteiger charge is 2.22. The van der Waals surface area contributed by atoms with Crippen LogP contribution in [0.2, 0.25) is 0 Å². The third-order valence-corrected chi connectivity index (χ3v) is 6.35. The molecule has 27 heavy (non-hydrogen) atoms. The van der Waals surface area contributed by atoms with E-state index < -0.39 is 5.97 Å². The zero-order chi connectivity index (χ0) is 19.6. The molecule has 142 valence electrons. The first-order valence-electron chi connectivity index (χ1n) is 8.28. The Kier molecular flexibility index (Phi) is 5.71. The van der Waals surface area contributed by atoms with Crippen molar-refractivity contribution >= 4 is 44.8 Å². The van der Waals surface area contributed by atoms with Gasteiger partial charge in [-0.2, -0.15) is 0 Å². The molecule has 1 aromatic carbocycles. The number of thiazole rings is 2. The van der Waals surface area contributed by atoms with Crippen molar-refractivity contribution in [3.05, 3.63) is 50.0 Å². The molecule has 1 atom stereocenters. The normalized spacial score (nSPS) is 12.1. The minimum atomic E-state index is -0.618. The van der Waals surface area contributed by atoms with Gasteiger partial charge in [0.15, 0.2) is 6.61 Å². The number of amides is 1. The predicted octanol–water partition coefficient (Wildman–Crippen LogP) is 2.59. The number of rotatable bonds is 6. The number of aryl methyl sites for hydroxylation is 1. The number of ether oxygens (including phenoxy) is 1. The zero-order valence-electron chi connectivity index (χ0n) is 15.2. The van der Waals surface area contributed by atoms with Crippen molar-refractivity contribution in [2.24, 2.45) is 0 Å². The molecule has 0 aliphatic heterocycles. The fourth-order valence-corrected chi connectivity index (χ4v) is 4.26. The first-order valence-corrected chi connectivity index (χ1v) is 9.98. The van der Waals surface area contributed by atoms with Gasteiger partial charge in [-0.15, -0.1) is 11.3 Å². The maximum absolute atomic E-state index is 12.4. The lowest BCUT2D eigenvalue weighted by Crippen LogP contribution is -2.34. The molecule has 0 aliphatic rings. The third-order valence-electron chi connectivity index (χ3n) is 4.26. The molecule has 0 N–H and O–H groups in total. The van der Waals surface area contributed by atoms with Crippen LogP contribution in [0.15, 0.2) is 34.4 Å². The molecular weight excluding hydrogens is 386 g/mol. The summed E-state index contributed by atoms with van der Waals surface area (Å²) in [5, 5.41) is 2.49. The largest absolute Gasteiger partial charge is 0.454 e. The molecule has 0 fully saturated rings. The van der Waals surface area contributed by atoms with Crippen LogP contribution in [0.1, 0.15) is 23.7 Å². The van der Waals surface area contributed by atoms with E-state index in [9.17, 15) is 14.4 Å². The van der Waals surface area contributed by atoms with E-state index in [0.717, 1.165) is 26.6 Å². The minimum absolute atomic E-state index is 0.196. The number of carbonyl (C=O) groups is 2. The van der Waals surface area contributed by atoms with Gasteiger partial charge in [0.25, 0.3) is 5.91 Å². The number of para-hydroxylation sites is 1. The fourth-order valence-electron chi connectivity index (χ4n) is 2.47. The van der Waals surface area contributed by atoms with Gasteiger partial charge in [-0.25, -0.2) is 4.98 Å². The highest BCUT2D eigenvalue weighted by Crippen LogP contribution is 2.28. The van der Waals surface area contributed by atoms with Crippen LogP contribution in [-0.2, 0) is 20.9 Å². The van der Waals surface area contributed by atoms with E-state index in [0.29, 0.717) is 5.69 Å². The Morgan fingerprint density at radius 1 is 1.33 bits per heavy atom.